The molecule has 3 aromatic rings. The van der Waals surface area contributed by atoms with Gasteiger partial charge in [0.1, 0.15) is 16.8 Å². The SMILES string of the molecule is CCn1cc(-c2c(F)cccc2C2CN(C(=O)/C=C/CN(C)C)Cc3sc(C#N)c(C)c32)c(C(F)(F)F)n1. The second-order valence-corrected chi connectivity index (χ2v) is 10.5. The van der Waals surface area contributed by atoms with Crippen molar-refractivity contribution in [1.29, 1.82) is 5.26 Å². The van der Waals surface area contributed by atoms with Crippen LogP contribution in [0.4, 0.5) is 17.6 Å². The second-order valence-electron chi connectivity index (χ2n) is 9.39. The zero-order chi connectivity index (χ0) is 27.8. The first-order chi connectivity index (χ1) is 18.0. The highest BCUT2D eigenvalue weighted by molar-refractivity contribution is 7.12. The number of amides is 1. The summed E-state index contributed by atoms with van der Waals surface area (Å²) in [6, 6.07) is 6.34. The minimum Gasteiger partial charge on any atom is -0.333 e. The minimum absolute atomic E-state index is 0.125. The Hall–Kier alpha value is -3.49. The van der Waals surface area contributed by atoms with Crippen LogP contribution in [0.5, 0.6) is 0 Å². The largest absolute Gasteiger partial charge is 0.435 e. The zero-order valence-electron chi connectivity index (χ0n) is 21.4. The summed E-state index contributed by atoms with van der Waals surface area (Å²) < 4.78 is 58.6. The standard InChI is InChI=1S/C27H27F4N5OS/c1-5-36-14-19(26(33-36)27(29,30)31)25-17(8-6-9-20(25)28)18-13-35(23(37)10-7-11-34(3)4)15-22-24(18)16(2)21(12-32)38-22/h6-10,14,18H,5,11,13,15H2,1-4H3/b10-7+. The van der Waals surface area contributed by atoms with Gasteiger partial charge in [0.25, 0.3) is 0 Å². The van der Waals surface area contributed by atoms with Crippen LogP contribution in [0.25, 0.3) is 11.1 Å². The van der Waals surface area contributed by atoms with Crippen molar-refractivity contribution < 1.29 is 22.4 Å². The van der Waals surface area contributed by atoms with Crippen molar-refractivity contribution in [2.24, 2.45) is 0 Å². The van der Waals surface area contributed by atoms with Crippen molar-refractivity contribution in [2.75, 3.05) is 27.2 Å². The first-order valence-electron chi connectivity index (χ1n) is 12.0. The quantitative estimate of drug-likeness (QED) is 0.301. The lowest BCUT2D eigenvalue weighted by atomic mass is 9.81. The van der Waals surface area contributed by atoms with Crippen molar-refractivity contribution in [3.05, 3.63) is 74.5 Å². The molecule has 0 spiro atoms. The molecule has 0 fully saturated rings. The zero-order valence-corrected chi connectivity index (χ0v) is 22.3. The van der Waals surface area contributed by atoms with Gasteiger partial charge in [0.05, 0.1) is 6.54 Å². The van der Waals surface area contributed by atoms with Gasteiger partial charge in [-0.3, -0.25) is 9.48 Å². The number of thiophene rings is 1. The van der Waals surface area contributed by atoms with E-state index in [1.807, 2.05) is 19.0 Å². The number of hydrogen-bond acceptors (Lipinski definition) is 5. The number of carbonyl (C=O) groups excluding carboxylic acids is 1. The fourth-order valence-corrected chi connectivity index (χ4v) is 5.98. The van der Waals surface area contributed by atoms with E-state index in [0.29, 0.717) is 22.5 Å². The third-order valence-corrected chi connectivity index (χ3v) is 7.74. The summed E-state index contributed by atoms with van der Waals surface area (Å²) >= 11 is 1.25. The fraction of sp³-hybridized carbons (Fsp3) is 0.370. The Morgan fingerprint density at radius 2 is 2.08 bits per heavy atom. The summed E-state index contributed by atoms with van der Waals surface area (Å²) in [6.07, 6.45) is -0.385. The Morgan fingerprint density at radius 3 is 2.71 bits per heavy atom. The fourth-order valence-electron chi connectivity index (χ4n) is 4.80. The molecule has 11 heteroatoms. The number of alkyl halides is 3. The first-order valence-corrected chi connectivity index (χ1v) is 12.8. The molecular formula is C27H27F4N5OS. The molecule has 0 N–H and O–H groups in total. The molecule has 38 heavy (non-hydrogen) atoms. The summed E-state index contributed by atoms with van der Waals surface area (Å²) in [5.41, 5.74) is 0.0572. The summed E-state index contributed by atoms with van der Waals surface area (Å²) in [5, 5.41) is 13.3. The molecule has 3 heterocycles. The van der Waals surface area contributed by atoms with E-state index < -0.39 is 23.6 Å². The normalized spacial score (nSPS) is 15.8. The summed E-state index contributed by atoms with van der Waals surface area (Å²) in [5.74, 6) is -1.72. The predicted molar refractivity (Wildman–Crippen MR) is 137 cm³/mol. The smallest absolute Gasteiger partial charge is 0.333 e. The Morgan fingerprint density at radius 1 is 1.34 bits per heavy atom. The third-order valence-electron chi connectivity index (χ3n) is 6.55. The highest BCUT2D eigenvalue weighted by Gasteiger charge is 2.40. The van der Waals surface area contributed by atoms with Gasteiger partial charge in [0.15, 0.2) is 5.69 Å². The molecule has 0 bridgehead atoms. The molecule has 1 amide bonds. The van der Waals surface area contributed by atoms with Gasteiger partial charge in [-0.05, 0) is 50.7 Å². The second kappa shape index (κ2) is 10.7. The van der Waals surface area contributed by atoms with Crippen LogP contribution in [0.2, 0.25) is 0 Å². The van der Waals surface area contributed by atoms with Crippen molar-refractivity contribution in [3.63, 3.8) is 0 Å². The molecule has 0 saturated carbocycles. The van der Waals surface area contributed by atoms with Crippen molar-refractivity contribution >= 4 is 17.2 Å². The maximum absolute atomic E-state index is 15.5. The summed E-state index contributed by atoms with van der Waals surface area (Å²) in [7, 11) is 3.74. The number of nitrogens with zero attached hydrogens (tertiary/aromatic N) is 5. The van der Waals surface area contributed by atoms with E-state index in [1.165, 1.54) is 29.7 Å². The van der Waals surface area contributed by atoms with E-state index >= 15 is 4.39 Å². The maximum Gasteiger partial charge on any atom is 0.435 e. The lowest BCUT2D eigenvalue weighted by Crippen LogP contribution is -2.37. The highest BCUT2D eigenvalue weighted by atomic mass is 32.1. The molecule has 1 aromatic carbocycles. The molecule has 0 radical (unpaired) electrons. The maximum atomic E-state index is 15.5. The van der Waals surface area contributed by atoms with Crippen molar-refractivity contribution in [1.82, 2.24) is 19.6 Å². The molecule has 0 aliphatic carbocycles. The summed E-state index contributed by atoms with van der Waals surface area (Å²) in [4.78, 5) is 17.8. The van der Waals surface area contributed by atoms with Crippen LogP contribution in [0, 0.1) is 24.1 Å². The highest BCUT2D eigenvalue weighted by Crippen LogP contribution is 2.46. The number of likely N-dealkylation sites (N-methyl/N-ethyl adjacent to an activating group) is 1. The molecule has 1 aliphatic rings. The molecule has 200 valence electrons. The van der Waals surface area contributed by atoms with Crippen molar-refractivity contribution in [2.45, 2.75) is 39.0 Å². The molecule has 0 saturated heterocycles. The van der Waals surface area contributed by atoms with Crippen LogP contribution < -0.4 is 0 Å². The van der Waals surface area contributed by atoms with Crippen LogP contribution in [0.3, 0.4) is 0 Å². The Balaban J connectivity index is 1.90. The Bertz CT molecular complexity index is 1430. The number of rotatable bonds is 6. The number of halogens is 4. The number of fused-ring (bicyclic) bond motifs is 1. The number of aromatic nitrogens is 2. The topological polar surface area (TPSA) is 65.2 Å². The Labute approximate surface area is 222 Å². The molecule has 1 unspecified atom stereocenters. The average Bonchev–Trinajstić information content (AvgIpc) is 3.44. The lowest BCUT2D eigenvalue weighted by Gasteiger charge is -2.34. The number of nitriles is 1. The van der Waals surface area contributed by atoms with E-state index in [0.717, 1.165) is 21.2 Å². The van der Waals surface area contributed by atoms with Crippen LogP contribution in [-0.2, 0) is 24.1 Å². The van der Waals surface area contributed by atoms with Gasteiger partial charge in [-0.15, -0.1) is 11.3 Å². The lowest BCUT2D eigenvalue weighted by molar-refractivity contribution is -0.141. The predicted octanol–water partition coefficient (Wildman–Crippen LogP) is 5.56. The van der Waals surface area contributed by atoms with Gasteiger partial charge >= 0.3 is 6.18 Å². The van der Waals surface area contributed by atoms with Crippen LogP contribution in [0.1, 0.15) is 45.0 Å². The molecule has 1 aliphatic heterocycles. The molecule has 6 nitrogen and oxygen atoms in total. The molecular weight excluding hydrogens is 518 g/mol. The van der Waals surface area contributed by atoms with Crippen LogP contribution in [-0.4, -0.2) is 52.7 Å². The van der Waals surface area contributed by atoms with E-state index in [-0.39, 0.29) is 36.7 Å². The minimum atomic E-state index is -4.79. The van der Waals surface area contributed by atoms with Crippen LogP contribution >= 0.6 is 11.3 Å². The van der Waals surface area contributed by atoms with E-state index in [2.05, 4.69) is 11.2 Å². The number of benzene rings is 1. The van der Waals surface area contributed by atoms with E-state index in [9.17, 15) is 23.2 Å². The van der Waals surface area contributed by atoms with Gasteiger partial charge in [-0.2, -0.15) is 23.5 Å². The van der Waals surface area contributed by atoms with Crippen molar-refractivity contribution in [3.8, 4) is 17.2 Å². The van der Waals surface area contributed by atoms with Gasteiger partial charge in [-0.25, -0.2) is 4.39 Å². The monoisotopic (exact) mass is 545 g/mol. The van der Waals surface area contributed by atoms with Gasteiger partial charge in [0, 0.05) is 53.8 Å². The van der Waals surface area contributed by atoms with Gasteiger partial charge < -0.3 is 9.80 Å². The Kier molecular flexibility index (Phi) is 7.76. The molecule has 1 atom stereocenters. The number of hydrogen-bond donors (Lipinski definition) is 0. The van der Waals surface area contributed by atoms with E-state index in [4.69, 9.17) is 0 Å². The molecule has 2 aromatic heterocycles. The molecule has 4 rings (SSSR count). The first kappa shape index (κ1) is 27.5. The number of aryl methyl sites for hydroxylation is 1. The third kappa shape index (κ3) is 5.24. The van der Waals surface area contributed by atoms with Gasteiger partial charge in [0.2, 0.25) is 5.91 Å². The van der Waals surface area contributed by atoms with E-state index in [1.54, 1.807) is 30.9 Å². The van der Waals surface area contributed by atoms with Gasteiger partial charge in [-0.1, -0.05) is 18.2 Å². The van der Waals surface area contributed by atoms with Crippen LogP contribution in [0.15, 0.2) is 36.5 Å². The number of carbonyl (C=O) groups is 1. The summed E-state index contributed by atoms with van der Waals surface area (Å²) in [6.45, 7) is 4.55. The average molecular weight is 546 g/mol.